The number of unbranched alkanes of at least 4 members (excludes halogenated alkanes) is 16. The zero-order chi connectivity index (χ0) is 44.2. The molecule has 0 saturated heterocycles. The number of aliphatic hydroxyl groups is 1. The first-order chi connectivity index (χ1) is 29.1. The SMILES string of the molecule is CCCCC/C=C\C/C=C\C/C=C\C/C=C\CCCCCC(=O)OCC(O)COP(=O)(O)OCC(NC(=O)CCCCCCCCC/C=C\C/C=C\CCCCC)C(=O)O. The molecule has 0 heterocycles. The van der Waals surface area contributed by atoms with E-state index in [-0.39, 0.29) is 12.8 Å². The number of rotatable bonds is 42. The first-order valence-electron chi connectivity index (χ1n) is 23.0. The molecule has 0 fully saturated rings. The zero-order valence-corrected chi connectivity index (χ0v) is 38.1. The fourth-order valence-electron chi connectivity index (χ4n) is 5.86. The van der Waals surface area contributed by atoms with E-state index in [9.17, 15) is 34.1 Å². The van der Waals surface area contributed by atoms with Gasteiger partial charge >= 0.3 is 19.8 Å². The molecule has 0 aliphatic heterocycles. The fraction of sp³-hybridized carbons (Fsp3) is 0.688. The van der Waals surface area contributed by atoms with Gasteiger partial charge in [0.25, 0.3) is 0 Å². The van der Waals surface area contributed by atoms with E-state index >= 15 is 0 Å². The van der Waals surface area contributed by atoms with Crippen LogP contribution < -0.4 is 5.32 Å². The lowest BCUT2D eigenvalue weighted by atomic mass is 10.1. The summed E-state index contributed by atoms with van der Waals surface area (Å²) in [5.41, 5.74) is 0. The molecule has 0 bridgehead atoms. The summed E-state index contributed by atoms with van der Waals surface area (Å²) in [5.74, 6) is -2.42. The lowest BCUT2D eigenvalue weighted by Gasteiger charge is -2.18. The quantitative estimate of drug-likeness (QED) is 0.0201. The topological polar surface area (TPSA) is 169 Å². The first kappa shape index (κ1) is 56.9. The summed E-state index contributed by atoms with van der Waals surface area (Å²) in [6, 6.07) is -1.56. The number of hydrogen-bond acceptors (Lipinski definition) is 8. The monoisotopic (exact) mass is 864 g/mol. The summed E-state index contributed by atoms with van der Waals surface area (Å²) < 4.78 is 26.8. The third kappa shape index (κ3) is 41.6. The number of carboxylic acids is 1. The molecule has 0 saturated carbocycles. The van der Waals surface area contributed by atoms with Gasteiger partial charge in [-0.15, -0.1) is 0 Å². The largest absolute Gasteiger partial charge is 0.480 e. The number of phosphoric acid groups is 1. The smallest absolute Gasteiger partial charge is 0.472 e. The van der Waals surface area contributed by atoms with Gasteiger partial charge in [0.2, 0.25) is 5.91 Å². The van der Waals surface area contributed by atoms with Crippen molar-refractivity contribution < 1.29 is 47.8 Å². The molecule has 0 aromatic carbocycles. The number of phosphoric ester groups is 1. The molecule has 4 N–H and O–H groups in total. The lowest BCUT2D eigenvalue weighted by molar-refractivity contribution is -0.147. The minimum Gasteiger partial charge on any atom is -0.480 e. The number of amides is 1. The van der Waals surface area contributed by atoms with Crippen molar-refractivity contribution in [1.29, 1.82) is 0 Å². The van der Waals surface area contributed by atoms with Gasteiger partial charge in [-0.1, -0.05) is 151 Å². The van der Waals surface area contributed by atoms with Crippen molar-refractivity contribution in [1.82, 2.24) is 5.32 Å². The lowest BCUT2D eigenvalue weighted by Crippen LogP contribution is -2.43. The van der Waals surface area contributed by atoms with Crippen molar-refractivity contribution in [2.75, 3.05) is 19.8 Å². The van der Waals surface area contributed by atoms with Gasteiger partial charge in [0.15, 0.2) is 6.04 Å². The highest BCUT2D eigenvalue weighted by atomic mass is 31.2. The van der Waals surface area contributed by atoms with Crippen LogP contribution in [0.15, 0.2) is 72.9 Å². The summed E-state index contributed by atoms with van der Waals surface area (Å²) in [7, 11) is -4.77. The van der Waals surface area contributed by atoms with Crippen LogP contribution in [0.5, 0.6) is 0 Å². The number of nitrogens with one attached hydrogen (secondary N) is 1. The van der Waals surface area contributed by atoms with Crippen LogP contribution in [0.3, 0.4) is 0 Å². The van der Waals surface area contributed by atoms with Gasteiger partial charge < -0.3 is 25.2 Å². The summed E-state index contributed by atoms with van der Waals surface area (Å²) in [6.07, 6.45) is 50.6. The third-order valence-corrected chi connectivity index (χ3v) is 10.4. The molecule has 0 rings (SSSR count). The van der Waals surface area contributed by atoms with Gasteiger partial charge in [-0.2, -0.15) is 0 Å². The molecule has 0 aliphatic carbocycles. The Hall–Kier alpha value is -3.08. The van der Waals surface area contributed by atoms with Crippen molar-refractivity contribution >= 4 is 25.7 Å². The summed E-state index contributed by atoms with van der Waals surface area (Å²) in [5, 5.41) is 21.8. The van der Waals surface area contributed by atoms with E-state index in [0.717, 1.165) is 89.9 Å². The van der Waals surface area contributed by atoms with Gasteiger partial charge in [-0.05, 0) is 89.9 Å². The molecule has 0 aromatic heterocycles. The Kier molecular flexibility index (Phi) is 40.4. The summed E-state index contributed by atoms with van der Waals surface area (Å²) in [4.78, 5) is 46.0. The Morgan fingerprint density at radius 1 is 0.533 bits per heavy atom. The van der Waals surface area contributed by atoms with Crippen molar-refractivity contribution in [3.63, 3.8) is 0 Å². The number of carbonyl (C=O) groups excluding carboxylic acids is 2. The number of aliphatic hydroxyl groups excluding tert-OH is 1. The molecule has 0 aliphatic rings. The number of hydrogen-bond donors (Lipinski definition) is 4. The van der Waals surface area contributed by atoms with Crippen LogP contribution in [0.1, 0.15) is 181 Å². The standard InChI is InChI=1S/C48H82NO10P/c1-3-5-7-9-11-13-15-17-19-21-22-24-26-28-30-32-34-36-38-40-47(52)57-41-44(50)42-58-60(55,56)59-43-45(48(53)54)49-46(51)39-37-35-33-31-29-27-25-23-20-18-16-14-12-10-8-6-4-2/h11-14,17-20,22,24,28,30,44-45,50H,3-10,15-16,21,23,25-27,29,31-43H2,1-2H3,(H,49,51)(H,53,54)(H,55,56)/b13-11-,14-12-,19-17-,20-18-,24-22-,30-28-. The second-order valence-electron chi connectivity index (χ2n) is 15.2. The first-order valence-corrected chi connectivity index (χ1v) is 24.5. The zero-order valence-electron chi connectivity index (χ0n) is 37.2. The van der Waals surface area contributed by atoms with Crippen molar-refractivity contribution in [3.8, 4) is 0 Å². The van der Waals surface area contributed by atoms with Gasteiger partial charge in [0.05, 0.1) is 13.2 Å². The van der Waals surface area contributed by atoms with Crippen molar-refractivity contribution in [2.45, 2.75) is 193 Å². The number of carbonyl (C=O) groups is 3. The van der Waals surface area contributed by atoms with E-state index in [1.165, 1.54) is 51.4 Å². The number of esters is 1. The van der Waals surface area contributed by atoms with E-state index in [1.807, 2.05) is 0 Å². The Balaban J connectivity index is 3.96. The molecule has 344 valence electrons. The van der Waals surface area contributed by atoms with Crippen LogP contribution in [0.2, 0.25) is 0 Å². The number of ether oxygens (including phenoxy) is 1. The van der Waals surface area contributed by atoms with E-state index < -0.39 is 57.6 Å². The highest BCUT2D eigenvalue weighted by molar-refractivity contribution is 7.47. The highest BCUT2D eigenvalue weighted by Crippen LogP contribution is 2.43. The maximum atomic E-state index is 12.3. The molecule has 12 heteroatoms. The van der Waals surface area contributed by atoms with Gasteiger partial charge in [0, 0.05) is 12.8 Å². The average Bonchev–Trinajstić information content (AvgIpc) is 3.22. The molecule has 0 aromatic rings. The maximum absolute atomic E-state index is 12.3. The van der Waals surface area contributed by atoms with Crippen molar-refractivity contribution in [3.05, 3.63) is 72.9 Å². The summed E-state index contributed by atoms with van der Waals surface area (Å²) >= 11 is 0. The molecular weight excluding hydrogens is 781 g/mol. The Bertz CT molecular complexity index is 1290. The maximum Gasteiger partial charge on any atom is 0.472 e. The minimum absolute atomic E-state index is 0.131. The van der Waals surface area contributed by atoms with Crippen molar-refractivity contribution in [2.24, 2.45) is 0 Å². The second kappa shape index (κ2) is 42.6. The molecular formula is C48H82NO10P. The van der Waals surface area contributed by atoms with Gasteiger partial charge in [-0.3, -0.25) is 18.6 Å². The minimum atomic E-state index is -4.77. The second-order valence-corrected chi connectivity index (χ2v) is 16.7. The van der Waals surface area contributed by atoms with E-state index in [2.05, 4.69) is 92.1 Å². The van der Waals surface area contributed by atoms with E-state index in [0.29, 0.717) is 12.8 Å². The van der Waals surface area contributed by atoms with Crippen LogP contribution in [-0.4, -0.2) is 64.9 Å². The van der Waals surface area contributed by atoms with Crippen LogP contribution in [0.25, 0.3) is 0 Å². The molecule has 0 radical (unpaired) electrons. The van der Waals surface area contributed by atoms with E-state index in [1.54, 1.807) is 0 Å². The predicted molar refractivity (Wildman–Crippen MR) is 244 cm³/mol. The normalized spacial score (nSPS) is 14.3. The number of allylic oxidation sites excluding steroid dienone is 12. The van der Waals surface area contributed by atoms with Crippen LogP contribution in [-0.2, 0) is 32.7 Å². The molecule has 3 unspecified atom stereocenters. The van der Waals surface area contributed by atoms with Crippen LogP contribution in [0, 0.1) is 0 Å². The predicted octanol–water partition coefficient (Wildman–Crippen LogP) is 12.1. The number of carboxylic acid groups (broad SMARTS) is 1. The van der Waals surface area contributed by atoms with E-state index in [4.69, 9.17) is 13.8 Å². The third-order valence-electron chi connectivity index (χ3n) is 9.47. The Morgan fingerprint density at radius 2 is 0.917 bits per heavy atom. The van der Waals surface area contributed by atoms with Gasteiger partial charge in [0.1, 0.15) is 12.7 Å². The molecule has 0 spiro atoms. The molecule has 1 amide bonds. The Labute approximate surface area is 363 Å². The number of aliphatic carboxylic acids is 1. The van der Waals surface area contributed by atoms with Crippen LogP contribution in [0.4, 0.5) is 0 Å². The van der Waals surface area contributed by atoms with Crippen LogP contribution >= 0.6 is 7.82 Å². The Morgan fingerprint density at radius 3 is 1.38 bits per heavy atom. The summed E-state index contributed by atoms with van der Waals surface area (Å²) in [6.45, 7) is 2.50. The fourth-order valence-corrected chi connectivity index (χ4v) is 6.63. The molecule has 11 nitrogen and oxygen atoms in total. The highest BCUT2D eigenvalue weighted by Gasteiger charge is 2.28. The molecule has 3 atom stereocenters. The molecule has 60 heavy (non-hydrogen) atoms. The average molecular weight is 864 g/mol. The van der Waals surface area contributed by atoms with Gasteiger partial charge in [-0.25, -0.2) is 9.36 Å².